The third-order valence-electron chi connectivity index (χ3n) is 5.14. The van der Waals surface area contributed by atoms with E-state index >= 15 is 0 Å². The summed E-state index contributed by atoms with van der Waals surface area (Å²) in [4.78, 5) is 42.2. The van der Waals surface area contributed by atoms with Crippen LogP contribution in [-0.4, -0.2) is 70.7 Å². The van der Waals surface area contributed by atoms with Crippen LogP contribution in [0.25, 0.3) is 0 Å². The molecule has 1 aliphatic heterocycles. The molecule has 1 aliphatic carbocycles. The number of ketones is 2. The number of hydrogen-bond donors (Lipinski definition) is 2. The van der Waals surface area contributed by atoms with Gasteiger partial charge in [0.15, 0.2) is 5.78 Å². The SMILES string of the molecule is CN1CCN(C(=O)c2cc(O)c3c(c2)C(=O)c2cccc(O)c2C3=O)CC1. The molecule has 0 radical (unpaired) electrons. The van der Waals surface area contributed by atoms with Crippen molar-refractivity contribution in [1.82, 2.24) is 9.80 Å². The second-order valence-electron chi connectivity index (χ2n) is 6.87. The monoisotopic (exact) mass is 366 g/mol. The van der Waals surface area contributed by atoms with Gasteiger partial charge in [0.05, 0.1) is 11.1 Å². The summed E-state index contributed by atoms with van der Waals surface area (Å²) in [5, 5.41) is 20.4. The van der Waals surface area contributed by atoms with Crippen molar-refractivity contribution in [2.75, 3.05) is 33.2 Å². The van der Waals surface area contributed by atoms with E-state index in [4.69, 9.17) is 0 Å². The highest BCUT2D eigenvalue weighted by Gasteiger charge is 2.35. The maximum Gasteiger partial charge on any atom is 0.254 e. The number of aromatic hydroxyl groups is 2. The van der Waals surface area contributed by atoms with E-state index < -0.39 is 17.3 Å². The molecule has 2 aliphatic rings. The summed E-state index contributed by atoms with van der Waals surface area (Å²) in [7, 11) is 1.98. The van der Waals surface area contributed by atoms with E-state index in [0.29, 0.717) is 13.1 Å². The highest BCUT2D eigenvalue weighted by molar-refractivity contribution is 6.30. The minimum Gasteiger partial charge on any atom is -0.507 e. The topological polar surface area (TPSA) is 98.2 Å². The third-order valence-corrected chi connectivity index (χ3v) is 5.14. The lowest BCUT2D eigenvalue weighted by molar-refractivity contribution is 0.0663. The molecular formula is C20H18N2O5. The van der Waals surface area contributed by atoms with Crippen molar-refractivity contribution in [2.24, 2.45) is 0 Å². The van der Waals surface area contributed by atoms with Crippen molar-refractivity contribution in [2.45, 2.75) is 0 Å². The molecule has 2 N–H and O–H groups in total. The summed E-state index contributed by atoms with van der Waals surface area (Å²) >= 11 is 0. The van der Waals surface area contributed by atoms with E-state index in [1.54, 1.807) is 4.90 Å². The van der Waals surface area contributed by atoms with Crippen molar-refractivity contribution >= 4 is 17.5 Å². The van der Waals surface area contributed by atoms with Crippen molar-refractivity contribution in [3.63, 3.8) is 0 Å². The number of carbonyl (C=O) groups is 3. The Morgan fingerprint density at radius 2 is 1.56 bits per heavy atom. The first kappa shape index (κ1) is 17.2. The van der Waals surface area contributed by atoms with Gasteiger partial charge in [-0.05, 0) is 25.2 Å². The standard InChI is InChI=1S/C20H18N2O5/c1-21-5-7-22(8-6-21)20(27)11-9-13-17(15(24)10-11)19(26)16-12(18(13)25)3-2-4-14(16)23/h2-4,9-10,23-24H,5-8H2,1H3. The summed E-state index contributed by atoms with van der Waals surface area (Å²) in [5.41, 5.74) is -0.0837. The number of carbonyl (C=O) groups excluding carboxylic acids is 3. The molecule has 0 saturated carbocycles. The van der Waals surface area contributed by atoms with E-state index in [0.717, 1.165) is 13.1 Å². The van der Waals surface area contributed by atoms with Crippen LogP contribution in [0.3, 0.4) is 0 Å². The van der Waals surface area contributed by atoms with Gasteiger partial charge in [0, 0.05) is 42.9 Å². The fraction of sp³-hybridized carbons (Fsp3) is 0.250. The molecular weight excluding hydrogens is 348 g/mol. The van der Waals surface area contributed by atoms with Gasteiger partial charge in [-0.3, -0.25) is 14.4 Å². The second kappa shape index (κ2) is 6.21. The number of piperazine rings is 1. The Balaban J connectivity index is 1.77. The maximum atomic E-state index is 12.8. The molecule has 2 aromatic carbocycles. The van der Waals surface area contributed by atoms with Gasteiger partial charge in [0.25, 0.3) is 5.91 Å². The third kappa shape index (κ3) is 2.67. The van der Waals surface area contributed by atoms with Gasteiger partial charge in [0.2, 0.25) is 5.78 Å². The Morgan fingerprint density at radius 3 is 2.26 bits per heavy atom. The zero-order chi connectivity index (χ0) is 19.3. The number of phenolic OH excluding ortho intramolecular Hbond substituents is 2. The molecule has 7 heteroatoms. The maximum absolute atomic E-state index is 12.8. The number of hydrogen-bond acceptors (Lipinski definition) is 6. The van der Waals surface area contributed by atoms with Gasteiger partial charge < -0.3 is 20.0 Å². The molecule has 0 unspecified atom stereocenters. The number of rotatable bonds is 1. The van der Waals surface area contributed by atoms with Gasteiger partial charge in [-0.15, -0.1) is 0 Å². The lowest BCUT2D eigenvalue weighted by Gasteiger charge is -2.32. The number of nitrogens with zero attached hydrogens (tertiary/aromatic N) is 2. The minimum absolute atomic E-state index is 0.0180. The smallest absolute Gasteiger partial charge is 0.254 e. The first-order valence-electron chi connectivity index (χ1n) is 8.64. The average Bonchev–Trinajstić information content (AvgIpc) is 2.65. The quantitative estimate of drug-likeness (QED) is 0.673. The predicted molar refractivity (Wildman–Crippen MR) is 96.5 cm³/mol. The number of phenols is 2. The lowest BCUT2D eigenvalue weighted by Crippen LogP contribution is -2.47. The van der Waals surface area contributed by atoms with Crippen molar-refractivity contribution in [3.05, 3.63) is 58.1 Å². The van der Waals surface area contributed by atoms with Crippen LogP contribution in [0, 0.1) is 0 Å². The van der Waals surface area contributed by atoms with Crippen molar-refractivity contribution in [1.29, 1.82) is 0 Å². The summed E-state index contributed by atoms with van der Waals surface area (Å²) in [6, 6.07) is 6.82. The van der Waals surface area contributed by atoms with Crippen LogP contribution in [0.15, 0.2) is 30.3 Å². The molecule has 0 spiro atoms. The highest BCUT2D eigenvalue weighted by Crippen LogP contribution is 2.37. The van der Waals surface area contributed by atoms with Crippen LogP contribution in [0.2, 0.25) is 0 Å². The first-order chi connectivity index (χ1) is 12.9. The van der Waals surface area contributed by atoms with Gasteiger partial charge >= 0.3 is 0 Å². The zero-order valence-electron chi connectivity index (χ0n) is 14.7. The summed E-state index contributed by atoms with van der Waals surface area (Å²) < 4.78 is 0. The van der Waals surface area contributed by atoms with E-state index in [1.165, 1.54) is 30.3 Å². The number of likely N-dealkylation sites (N-methyl/N-ethyl adjacent to an activating group) is 1. The van der Waals surface area contributed by atoms with Crippen LogP contribution in [-0.2, 0) is 0 Å². The van der Waals surface area contributed by atoms with Crippen LogP contribution in [0.1, 0.15) is 42.2 Å². The van der Waals surface area contributed by atoms with Gasteiger partial charge in [-0.2, -0.15) is 0 Å². The molecule has 7 nitrogen and oxygen atoms in total. The van der Waals surface area contributed by atoms with Crippen LogP contribution < -0.4 is 0 Å². The van der Waals surface area contributed by atoms with Crippen LogP contribution >= 0.6 is 0 Å². The molecule has 1 fully saturated rings. The normalized spacial score (nSPS) is 16.9. The molecule has 0 aromatic heterocycles. The van der Waals surface area contributed by atoms with Crippen LogP contribution in [0.5, 0.6) is 11.5 Å². The Kier molecular flexibility index (Phi) is 3.96. The highest BCUT2D eigenvalue weighted by atomic mass is 16.3. The zero-order valence-corrected chi connectivity index (χ0v) is 14.7. The molecule has 1 saturated heterocycles. The minimum atomic E-state index is -0.631. The van der Waals surface area contributed by atoms with E-state index in [2.05, 4.69) is 4.90 Å². The molecule has 4 rings (SSSR count). The second-order valence-corrected chi connectivity index (χ2v) is 6.87. The Labute approximate surface area is 155 Å². The molecule has 1 amide bonds. The van der Waals surface area contributed by atoms with Crippen molar-refractivity contribution in [3.8, 4) is 11.5 Å². The Bertz CT molecular complexity index is 990. The molecule has 27 heavy (non-hydrogen) atoms. The van der Waals surface area contributed by atoms with Gasteiger partial charge in [-0.25, -0.2) is 0 Å². The fourth-order valence-corrected chi connectivity index (χ4v) is 3.60. The summed E-state index contributed by atoms with van der Waals surface area (Å²) in [5.74, 6) is -2.17. The Morgan fingerprint density at radius 1 is 0.889 bits per heavy atom. The summed E-state index contributed by atoms with van der Waals surface area (Å²) in [6.07, 6.45) is 0. The van der Waals surface area contributed by atoms with Crippen molar-refractivity contribution < 1.29 is 24.6 Å². The fourth-order valence-electron chi connectivity index (χ4n) is 3.60. The van der Waals surface area contributed by atoms with Gasteiger partial charge in [-0.1, -0.05) is 12.1 Å². The van der Waals surface area contributed by atoms with E-state index in [1.807, 2.05) is 7.05 Å². The van der Waals surface area contributed by atoms with Crippen LogP contribution in [0.4, 0.5) is 0 Å². The van der Waals surface area contributed by atoms with E-state index in [9.17, 15) is 24.6 Å². The largest absolute Gasteiger partial charge is 0.507 e. The Hall–Kier alpha value is -3.19. The number of amides is 1. The number of benzene rings is 2. The first-order valence-corrected chi connectivity index (χ1v) is 8.64. The molecule has 1 heterocycles. The number of fused-ring (bicyclic) bond motifs is 2. The molecule has 2 aromatic rings. The average molecular weight is 366 g/mol. The van der Waals surface area contributed by atoms with Gasteiger partial charge in [0.1, 0.15) is 11.5 Å². The lowest BCUT2D eigenvalue weighted by atomic mass is 9.82. The molecule has 138 valence electrons. The summed E-state index contributed by atoms with van der Waals surface area (Å²) in [6.45, 7) is 2.59. The predicted octanol–water partition coefficient (Wildman–Crippen LogP) is 1.26. The van der Waals surface area contributed by atoms with E-state index in [-0.39, 0.29) is 39.5 Å². The molecule has 0 atom stereocenters. The molecule has 0 bridgehead atoms.